The maximum atomic E-state index is 5.23. The lowest BCUT2D eigenvalue weighted by Gasteiger charge is -2.16. The molecule has 0 aliphatic carbocycles. The second-order valence-corrected chi connectivity index (χ2v) is 4.86. The number of ether oxygens (including phenoxy) is 1. The Hall–Kier alpha value is -1.14. The van der Waals surface area contributed by atoms with E-state index in [0.29, 0.717) is 18.3 Å². The molecule has 1 aromatic rings. The fraction of sp³-hybridized carbons (Fsp3) is 0.667. The fourth-order valence-electron chi connectivity index (χ4n) is 1.81. The summed E-state index contributed by atoms with van der Waals surface area (Å²) >= 11 is 5.23. The van der Waals surface area contributed by atoms with Crippen LogP contribution in [0.25, 0.3) is 0 Å². The summed E-state index contributed by atoms with van der Waals surface area (Å²) in [6, 6.07) is 0.200. The molecule has 0 bridgehead atoms. The van der Waals surface area contributed by atoms with Gasteiger partial charge in [0.1, 0.15) is 0 Å². The van der Waals surface area contributed by atoms with Gasteiger partial charge in [-0.15, -0.1) is 0 Å². The molecule has 1 rings (SSSR count). The zero-order chi connectivity index (χ0) is 13.7. The zero-order valence-corrected chi connectivity index (χ0v) is 12.5. The third-order valence-corrected chi connectivity index (χ3v) is 3.14. The van der Waals surface area contributed by atoms with Crippen molar-refractivity contribution in [2.24, 2.45) is 7.05 Å². The molecule has 0 saturated heterocycles. The van der Waals surface area contributed by atoms with Crippen molar-refractivity contribution in [1.29, 1.82) is 0 Å². The van der Waals surface area contributed by atoms with Crippen LogP contribution in [-0.2, 0) is 18.3 Å². The number of thiocarbonyl (C=S) groups is 1. The number of methoxy groups -OCH3 is 1. The Bertz CT molecular complexity index is 416. The number of hydrogen-bond acceptors (Lipinski definition) is 3. The van der Waals surface area contributed by atoms with Crippen molar-refractivity contribution >= 4 is 17.3 Å². The van der Waals surface area contributed by atoms with Crippen molar-refractivity contribution in [2.75, 3.05) is 13.7 Å². The van der Waals surface area contributed by atoms with Crippen LogP contribution < -0.4 is 10.6 Å². The molecule has 5 nitrogen and oxygen atoms in total. The number of hydrogen-bond donors (Lipinski definition) is 2. The van der Waals surface area contributed by atoms with Crippen LogP contribution in [0.2, 0.25) is 0 Å². The van der Waals surface area contributed by atoms with E-state index in [4.69, 9.17) is 17.0 Å². The van der Waals surface area contributed by atoms with E-state index in [1.165, 1.54) is 5.56 Å². The van der Waals surface area contributed by atoms with Gasteiger partial charge in [-0.2, -0.15) is 5.10 Å². The van der Waals surface area contributed by atoms with Crippen LogP contribution >= 0.6 is 12.2 Å². The zero-order valence-electron chi connectivity index (χ0n) is 11.7. The van der Waals surface area contributed by atoms with Gasteiger partial charge in [0.15, 0.2) is 5.11 Å². The minimum Gasteiger partial charge on any atom is -0.383 e. The number of rotatable bonds is 5. The first-order valence-electron chi connectivity index (χ1n) is 5.98. The average Bonchev–Trinajstić information content (AvgIpc) is 2.51. The third kappa shape index (κ3) is 3.96. The van der Waals surface area contributed by atoms with Gasteiger partial charge in [0, 0.05) is 38.0 Å². The average molecular weight is 270 g/mol. The Labute approximate surface area is 114 Å². The van der Waals surface area contributed by atoms with E-state index in [1.54, 1.807) is 7.11 Å². The normalized spacial score (nSPS) is 12.3. The first-order valence-corrected chi connectivity index (χ1v) is 6.39. The monoisotopic (exact) mass is 270 g/mol. The second-order valence-electron chi connectivity index (χ2n) is 4.46. The van der Waals surface area contributed by atoms with E-state index in [1.807, 2.05) is 25.6 Å². The predicted octanol–water partition coefficient (Wildman–Crippen LogP) is 1.04. The van der Waals surface area contributed by atoms with E-state index >= 15 is 0 Å². The Balaban J connectivity index is 2.47. The van der Waals surface area contributed by atoms with Gasteiger partial charge in [0.2, 0.25) is 0 Å². The van der Waals surface area contributed by atoms with Crippen molar-refractivity contribution in [3.8, 4) is 0 Å². The smallest absolute Gasteiger partial charge is 0.166 e. The Kier molecular flexibility index (Phi) is 5.55. The van der Waals surface area contributed by atoms with Crippen molar-refractivity contribution in [3.63, 3.8) is 0 Å². The van der Waals surface area contributed by atoms with Gasteiger partial charge in [-0.25, -0.2) is 0 Å². The topological polar surface area (TPSA) is 51.1 Å². The van der Waals surface area contributed by atoms with Gasteiger partial charge < -0.3 is 15.4 Å². The first-order chi connectivity index (χ1) is 8.45. The van der Waals surface area contributed by atoms with Gasteiger partial charge in [0.05, 0.1) is 12.3 Å². The van der Waals surface area contributed by atoms with E-state index in [0.717, 1.165) is 11.4 Å². The maximum Gasteiger partial charge on any atom is 0.166 e. The van der Waals surface area contributed by atoms with E-state index in [9.17, 15) is 0 Å². The highest BCUT2D eigenvalue weighted by molar-refractivity contribution is 7.80. The Morgan fingerprint density at radius 1 is 1.50 bits per heavy atom. The lowest BCUT2D eigenvalue weighted by molar-refractivity contribution is 0.179. The SMILES string of the molecule is COCC(C)NC(=S)NCc1c(C)nn(C)c1C. The van der Waals surface area contributed by atoms with Gasteiger partial charge in [-0.1, -0.05) is 0 Å². The summed E-state index contributed by atoms with van der Waals surface area (Å²) in [4.78, 5) is 0. The summed E-state index contributed by atoms with van der Waals surface area (Å²) in [5, 5.41) is 11.4. The quantitative estimate of drug-likeness (QED) is 0.783. The van der Waals surface area contributed by atoms with E-state index < -0.39 is 0 Å². The highest BCUT2D eigenvalue weighted by Gasteiger charge is 2.10. The molecular formula is C12H22N4OS. The summed E-state index contributed by atoms with van der Waals surface area (Å²) in [5.41, 5.74) is 3.39. The van der Waals surface area contributed by atoms with Crippen LogP contribution in [0.5, 0.6) is 0 Å². The number of nitrogens with zero attached hydrogens (tertiary/aromatic N) is 2. The second kappa shape index (κ2) is 6.70. The molecule has 102 valence electrons. The molecule has 2 N–H and O–H groups in total. The van der Waals surface area contributed by atoms with Gasteiger partial charge in [-0.05, 0) is 33.0 Å². The summed E-state index contributed by atoms with van der Waals surface area (Å²) in [7, 11) is 3.63. The van der Waals surface area contributed by atoms with Crippen molar-refractivity contribution in [1.82, 2.24) is 20.4 Å². The van der Waals surface area contributed by atoms with Gasteiger partial charge in [-0.3, -0.25) is 4.68 Å². The molecule has 0 aliphatic rings. The van der Waals surface area contributed by atoms with Crippen LogP contribution in [0.15, 0.2) is 0 Å². The van der Waals surface area contributed by atoms with Crippen LogP contribution in [0.3, 0.4) is 0 Å². The summed E-state index contributed by atoms with van der Waals surface area (Å²) < 4.78 is 6.93. The Morgan fingerprint density at radius 2 is 2.17 bits per heavy atom. The van der Waals surface area contributed by atoms with Gasteiger partial charge >= 0.3 is 0 Å². The third-order valence-electron chi connectivity index (χ3n) is 2.88. The summed E-state index contributed by atoms with van der Waals surface area (Å²) in [6.07, 6.45) is 0. The fourth-order valence-corrected chi connectivity index (χ4v) is 2.08. The molecule has 6 heteroatoms. The molecule has 0 aromatic carbocycles. The van der Waals surface area contributed by atoms with Crippen molar-refractivity contribution < 1.29 is 4.74 Å². The van der Waals surface area contributed by atoms with Crippen LogP contribution in [0.4, 0.5) is 0 Å². The minimum atomic E-state index is 0.200. The molecule has 1 unspecified atom stereocenters. The standard InChI is InChI=1S/C12H22N4OS/c1-8(7-17-5)14-12(18)13-6-11-9(2)15-16(4)10(11)3/h8H,6-7H2,1-5H3,(H2,13,14,18). The Morgan fingerprint density at radius 3 is 2.67 bits per heavy atom. The van der Waals surface area contributed by atoms with Crippen molar-refractivity contribution in [2.45, 2.75) is 33.4 Å². The van der Waals surface area contributed by atoms with E-state index in [2.05, 4.69) is 22.7 Å². The lowest BCUT2D eigenvalue weighted by atomic mass is 10.2. The predicted molar refractivity (Wildman–Crippen MR) is 76.6 cm³/mol. The highest BCUT2D eigenvalue weighted by Crippen LogP contribution is 2.10. The molecular weight excluding hydrogens is 248 g/mol. The molecule has 0 fully saturated rings. The van der Waals surface area contributed by atoms with Crippen LogP contribution in [0.1, 0.15) is 23.9 Å². The molecule has 1 heterocycles. The van der Waals surface area contributed by atoms with Gasteiger partial charge in [0.25, 0.3) is 0 Å². The summed E-state index contributed by atoms with van der Waals surface area (Å²) in [5.74, 6) is 0. The van der Waals surface area contributed by atoms with Crippen LogP contribution in [0, 0.1) is 13.8 Å². The molecule has 1 aromatic heterocycles. The van der Waals surface area contributed by atoms with Crippen molar-refractivity contribution in [3.05, 3.63) is 17.0 Å². The minimum absolute atomic E-state index is 0.200. The molecule has 0 spiro atoms. The number of aromatic nitrogens is 2. The molecule has 18 heavy (non-hydrogen) atoms. The molecule has 0 radical (unpaired) electrons. The first kappa shape index (κ1) is 14.9. The maximum absolute atomic E-state index is 5.23. The van der Waals surface area contributed by atoms with E-state index in [-0.39, 0.29) is 6.04 Å². The lowest BCUT2D eigenvalue weighted by Crippen LogP contribution is -2.42. The summed E-state index contributed by atoms with van der Waals surface area (Å²) in [6.45, 7) is 7.41. The largest absolute Gasteiger partial charge is 0.383 e. The highest BCUT2D eigenvalue weighted by atomic mass is 32.1. The molecule has 0 saturated carbocycles. The molecule has 0 aliphatic heterocycles. The molecule has 0 amide bonds. The number of nitrogens with one attached hydrogen (secondary N) is 2. The van der Waals surface area contributed by atoms with Crippen LogP contribution in [-0.4, -0.2) is 34.7 Å². The number of aryl methyl sites for hydroxylation is 2. The molecule has 1 atom stereocenters.